The first-order chi connectivity index (χ1) is 13.9. The van der Waals surface area contributed by atoms with Gasteiger partial charge >= 0.3 is 6.03 Å². The van der Waals surface area contributed by atoms with Gasteiger partial charge in [0, 0.05) is 0 Å². The van der Waals surface area contributed by atoms with E-state index in [1.165, 1.54) is 24.3 Å². The van der Waals surface area contributed by atoms with E-state index < -0.39 is 30.2 Å². The lowest BCUT2D eigenvalue weighted by Crippen LogP contribution is -2.38. The van der Waals surface area contributed by atoms with Crippen LogP contribution in [0.3, 0.4) is 0 Å². The summed E-state index contributed by atoms with van der Waals surface area (Å²) in [6.45, 7) is 1.84. The zero-order chi connectivity index (χ0) is 21.0. The van der Waals surface area contributed by atoms with Crippen molar-refractivity contribution in [1.29, 1.82) is 0 Å². The molecule has 3 rings (SSSR count). The van der Waals surface area contributed by atoms with Gasteiger partial charge in [-0.15, -0.1) is 0 Å². The van der Waals surface area contributed by atoms with Crippen molar-refractivity contribution >= 4 is 45.5 Å². The number of carbonyl (C=O) groups is 3. The highest BCUT2D eigenvalue weighted by molar-refractivity contribution is 9.10. The number of imide groups is 1. The molecule has 2 N–H and O–H groups in total. The van der Waals surface area contributed by atoms with Crippen LogP contribution in [-0.2, 0) is 9.59 Å². The first kappa shape index (κ1) is 20.5. The highest BCUT2D eigenvalue weighted by Crippen LogP contribution is 2.27. The molecule has 7 nitrogen and oxygen atoms in total. The smallest absolute Gasteiger partial charge is 0.329 e. The average Bonchev–Trinajstić information content (AvgIpc) is 2.93. The van der Waals surface area contributed by atoms with Crippen LogP contribution in [0.25, 0.3) is 6.08 Å². The third kappa shape index (κ3) is 4.80. The van der Waals surface area contributed by atoms with Gasteiger partial charge in [0.15, 0.2) is 0 Å². The Kier molecular flexibility index (Phi) is 6.28. The topological polar surface area (TPSA) is 87.7 Å². The number of anilines is 1. The number of para-hydroxylation sites is 1. The van der Waals surface area contributed by atoms with Gasteiger partial charge < -0.3 is 15.4 Å². The largest absolute Gasteiger partial charge is 0.493 e. The summed E-state index contributed by atoms with van der Waals surface area (Å²) in [6.07, 6.45) is 1.50. The molecular formula is C20H17BrFN3O4. The van der Waals surface area contributed by atoms with Crippen molar-refractivity contribution in [2.45, 2.75) is 6.92 Å². The van der Waals surface area contributed by atoms with Crippen molar-refractivity contribution in [2.75, 3.05) is 18.5 Å². The fourth-order valence-electron chi connectivity index (χ4n) is 2.66. The second kappa shape index (κ2) is 8.87. The molecule has 29 heavy (non-hydrogen) atoms. The maximum atomic E-state index is 13.6. The van der Waals surface area contributed by atoms with Crippen LogP contribution >= 0.6 is 15.9 Å². The van der Waals surface area contributed by atoms with E-state index in [1.54, 1.807) is 24.3 Å². The Labute approximate surface area is 174 Å². The molecule has 1 heterocycles. The van der Waals surface area contributed by atoms with Gasteiger partial charge in [-0.25, -0.2) is 14.1 Å². The standard InChI is InChI=1S/C20H17BrFN3O4/c1-2-29-17-8-7-12(9-13(17)21)10-16-19(27)25(20(28)24-16)11-18(26)23-15-6-4-3-5-14(15)22/h3-10H,2,11H2,1H3,(H,23,26)(H,24,28)/b16-10+. The molecule has 0 saturated carbocycles. The van der Waals surface area contributed by atoms with Crippen LogP contribution in [0.1, 0.15) is 12.5 Å². The molecule has 0 spiro atoms. The van der Waals surface area contributed by atoms with Gasteiger partial charge in [0.05, 0.1) is 16.8 Å². The molecule has 4 amide bonds. The summed E-state index contributed by atoms with van der Waals surface area (Å²) in [5.74, 6) is -1.30. The number of rotatable bonds is 6. The summed E-state index contributed by atoms with van der Waals surface area (Å²) in [7, 11) is 0. The number of benzene rings is 2. The number of nitrogens with one attached hydrogen (secondary N) is 2. The van der Waals surface area contributed by atoms with Crippen LogP contribution in [0.4, 0.5) is 14.9 Å². The number of carbonyl (C=O) groups excluding carboxylic acids is 3. The molecule has 9 heteroatoms. The molecule has 1 aliphatic rings. The number of hydrogen-bond donors (Lipinski definition) is 2. The zero-order valence-electron chi connectivity index (χ0n) is 15.4. The van der Waals surface area contributed by atoms with E-state index in [-0.39, 0.29) is 11.4 Å². The Morgan fingerprint density at radius 1 is 1.28 bits per heavy atom. The summed E-state index contributed by atoms with van der Waals surface area (Å²) in [5.41, 5.74) is 0.658. The number of ether oxygens (including phenoxy) is 1. The Hall–Kier alpha value is -3.20. The van der Waals surface area contributed by atoms with Crippen LogP contribution in [-0.4, -0.2) is 35.9 Å². The summed E-state index contributed by atoms with van der Waals surface area (Å²) in [4.78, 5) is 37.5. The molecule has 150 valence electrons. The quantitative estimate of drug-likeness (QED) is 0.508. The van der Waals surface area contributed by atoms with Crippen molar-refractivity contribution < 1.29 is 23.5 Å². The monoisotopic (exact) mass is 461 g/mol. The number of hydrogen-bond acceptors (Lipinski definition) is 4. The summed E-state index contributed by atoms with van der Waals surface area (Å²) < 4.78 is 19.8. The molecule has 0 atom stereocenters. The molecule has 0 aliphatic carbocycles. The lowest BCUT2D eigenvalue weighted by Gasteiger charge is -2.12. The Balaban J connectivity index is 1.71. The SMILES string of the molecule is CCOc1ccc(/C=C2/NC(=O)N(CC(=O)Nc3ccccc3F)C2=O)cc1Br. The Morgan fingerprint density at radius 3 is 2.72 bits per heavy atom. The number of nitrogens with zero attached hydrogens (tertiary/aromatic N) is 1. The molecule has 1 saturated heterocycles. The van der Waals surface area contributed by atoms with Gasteiger partial charge in [-0.3, -0.25) is 9.59 Å². The first-order valence-corrected chi connectivity index (χ1v) is 9.49. The van der Waals surface area contributed by atoms with Crippen LogP contribution < -0.4 is 15.4 Å². The fourth-order valence-corrected chi connectivity index (χ4v) is 3.17. The van der Waals surface area contributed by atoms with E-state index in [0.29, 0.717) is 22.4 Å². The maximum Gasteiger partial charge on any atom is 0.329 e. The summed E-state index contributed by atoms with van der Waals surface area (Å²) in [5, 5.41) is 4.78. The van der Waals surface area contributed by atoms with Crippen molar-refractivity contribution in [3.05, 3.63) is 64.0 Å². The minimum absolute atomic E-state index is 0.0282. The van der Waals surface area contributed by atoms with Crippen molar-refractivity contribution in [1.82, 2.24) is 10.2 Å². The summed E-state index contributed by atoms with van der Waals surface area (Å²) in [6, 6.07) is 10.1. The summed E-state index contributed by atoms with van der Waals surface area (Å²) >= 11 is 3.39. The second-order valence-corrected chi connectivity index (χ2v) is 6.88. The zero-order valence-corrected chi connectivity index (χ0v) is 17.0. The van der Waals surface area contributed by atoms with Crippen molar-refractivity contribution in [3.63, 3.8) is 0 Å². The average molecular weight is 462 g/mol. The van der Waals surface area contributed by atoms with Crippen LogP contribution in [0.2, 0.25) is 0 Å². The maximum absolute atomic E-state index is 13.6. The predicted octanol–water partition coefficient (Wildman–Crippen LogP) is 3.52. The van der Waals surface area contributed by atoms with Gasteiger partial charge in [-0.1, -0.05) is 18.2 Å². The lowest BCUT2D eigenvalue weighted by atomic mass is 10.2. The van der Waals surface area contributed by atoms with Crippen molar-refractivity contribution in [2.24, 2.45) is 0 Å². The molecular weight excluding hydrogens is 445 g/mol. The van der Waals surface area contributed by atoms with Gasteiger partial charge in [-0.2, -0.15) is 0 Å². The Bertz CT molecular complexity index is 1010. The molecule has 0 unspecified atom stereocenters. The van der Waals surface area contributed by atoms with E-state index in [0.717, 1.165) is 4.90 Å². The van der Waals surface area contributed by atoms with Crippen LogP contribution in [0.15, 0.2) is 52.6 Å². The fraction of sp³-hybridized carbons (Fsp3) is 0.150. The number of amides is 4. The highest BCUT2D eigenvalue weighted by atomic mass is 79.9. The molecule has 0 radical (unpaired) electrons. The van der Waals surface area contributed by atoms with E-state index in [1.807, 2.05) is 6.92 Å². The third-order valence-electron chi connectivity index (χ3n) is 3.98. The van der Waals surface area contributed by atoms with E-state index in [9.17, 15) is 18.8 Å². The molecule has 1 aliphatic heterocycles. The number of halogens is 2. The van der Waals surface area contributed by atoms with Gasteiger partial charge in [0.2, 0.25) is 5.91 Å². The molecule has 0 aromatic heterocycles. The molecule has 1 fully saturated rings. The van der Waals surface area contributed by atoms with E-state index >= 15 is 0 Å². The minimum atomic E-state index is -0.727. The highest BCUT2D eigenvalue weighted by Gasteiger charge is 2.35. The van der Waals surface area contributed by atoms with Crippen molar-refractivity contribution in [3.8, 4) is 5.75 Å². The number of urea groups is 1. The van der Waals surface area contributed by atoms with Gasteiger partial charge in [0.1, 0.15) is 23.8 Å². The molecule has 2 aromatic carbocycles. The van der Waals surface area contributed by atoms with Crippen LogP contribution in [0, 0.1) is 5.82 Å². The molecule has 0 bridgehead atoms. The third-order valence-corrected chi connectivity index (χ3v) is 4.60. The lowest BCUT2D eigenvalue weighted by molar-refractivity contribution is -0.127. The second-order valence-electron chi connectivity index (χ2n) is 6.03. The predicted molar refractivity (Wildman–Crippen MR) is 109 cm³/mol. The van der Waals surface area contributed by atoms with E-state index in [2.05, 4.69) is 26.6 Å². The van der Waals surface area contributed by atoms with E-state index in [4.69, 9.17) is 4.74 Å². The first-order valence-electron chi connectivity index (χ1n) is 8.70. The minimum Gasteiger partial charge on any atom is -0.493 e. The molecule has 2 aromatic rings. The normalized spacial score (nSPS) is 14.9. The van der Waals surface area contributed by atoms with Gasteiger partial charge in [0.25, 0.3) is 5.91 Å². The van der Waals surface area contributed by atoms with Crippen LogP contribution in [0.5, 0.6) is 5.75 Å². The van der Waals surface area contributed by atoms with Gasteiger partial charge in [-0.05, 0) is 58.8 Å². The Morgan fingerprint density at radius 2 is 2.03 bits per heavy atom.